The molecule has 0 bridgehead atoms. The first kappa shape index (κ1) is 21.8. The topological polar surface area (TPSA) is 195 Å². The number of halogens is 1. The number of alkyl halides is 1. The number of carbonyl (C=O) groups is 1. The Morgan fingerprint density at radius 1 is 1.28 bits per heavy atom. The molecule has 1 aromatic carbocycles. The summed E-state index contributed by atoms with van der Waals surface area (Å²) in [4.78, 5) is 23.9. The minimum absolute atomic E-state index is 0.0761. The summed E-state index contributed by atoms with van der Waals surface area (Å²) in [6.45, 7) is -0.550. The fourth-order valence-electron chi connectivity index (χ4n) is 3.22. The Labute approximate surface area is 180 Å². The molecule has 0 spiro atoms. The Morgan fingerprint density at radius 3 is 2.78 bits per heavy atom. The molecule has 1 amide bonds. The van der Waals surface area contributed by atoms with E-state index in [1.54, 1.807) is 4.72 Å². The highest BCUT2D eigenvalue weighted by Crippen LogP contribution is 2.33. The molecule has 15 heteroatoms. The molecule has 1 saturated heterocycles. The quantitative estimate of drug-likeness (QED) is 0.299. The molecule has 2 aromatic heterocycles. The van der Waals surface area contributed by atoms with Crippen molar-refractivity contribution in [2.75, 3.05) is 12.3 Å². The zero-order valence-electron chi connectivity index (χ0n) is 16.2. The monoisotopic (exact) mass is 467 g/mol. The number of anilines is 1. The van der Waals surface area contributed by atoms with Gasteiger partial charge in [0.25, 0.3) is 5.91 Å². The summed E-state index contributed by atoms with van der Waals surface area (Å²) < 4.78 is 49.6. The van der Waals surface area contributed by atoms with Gasteiger partial charge in [-0.1, -0.05) is 12.1 Å². The third-order valence-electron chi connectivity index (χ3n) is 4.81. The zero-order chi connectivity index (χ0) is 23.0. The van der Waals surface area contributed by atoms with E-state index in [2.05, 4.69) is 15.0 Å². The van der Waals surface area contributed by atoms with E-state index in [0.717, 1.165) is 6.33 Å². The van der Waals surface area contributed by atoms with Gasteiger partial charge in [0.05, 0.1) is 11.9 Å². The van der Waals surface area contributed by atoms with Crippen molar-refractivity contribution in [1.82, 2.24) is 29.0 Å². The van der Waals surface area contributed by atoms with Crippen LogP contribution in [0.2, 0.25) is 0 Å². The summed E-state index contributed by atoms with van der Waals surface area (Å²) >= 11 is 0. The maximum Gasteiger partial charge on any atom is 0.301 e. The van der Waals surface area contributed by atoms with Crippen LogP contribution in [-0.2, 0) is 14.9 Å². The standard InChI is InChI=1S/C17H18FN7O6S/c18-11-13(27)10(31-17(11)25-7-22-12-14(19)20-6-21-15(12)25)5-23-32(29,30)24-16(28)8-3-1-2-4-9(8)26/h1-4,6-7,10-11,13,17,23,26-27H,5H2,(H,24,28)(H2,19,20,21)/t10-,11+,13-,17-/m1/s1. The Balaban J connectivity index is 1.44. The molecule has 3 heterocycles. The fourth-order valence-corrected chi connectivity index (χ4v) is 4.03. The second-order valence-electron chi connectivity index (χ2n) is 6.88. The lowest BCUT2D eigenvalue weighted by Crippen LogP contribution is -2.45. The molecule has 4 rings (SSSR count). The largest absolute Gasteiger partial charge is 0.507 e. The van der Waals surface area contributed by atoms with E-state index in [-0.39, 0.29) is 22.5 Å². The summed E-state index contributed by atoms with van der Waals surface area (Å²) in [6, 6.07) is 5.36. The number of phenols is 1. The number of fused-ring (bicyclic) bond motifs is 1. The van der Waals surface area contributed by atoms with E-state index < -0.39 is 53.0 Å². The molecular weight excluding hydrogens is 449 g/mol. The van der Waals surface area contributed by atoms with Crippen molar-refractivity contribution in [1.29, 1.82) is 0 Å². The number of rotatable bonds is 6. The Hall–Kier alpha value is -3.40. The first-order valence-electron chi connectivity index (χ1n) is 9.18. The number of aromatic hydroxyl groups is 1. The molecule has 0 saturated carbocycles. The second-order valence-corrected chi connectivity index (χ2v) is 8.38. The first-order valence-corrected chi connectivity index (χ1v) is 10.7. The highest BCUT2D eigenvalue weighted by molar-refractivity contribution is 7.88. The average molecular weight is 467 g/mol. The summed E-state index contributed by atoms with van der Waals surface area (Å²) in [6.07, 6.45) is -3.88. The lowest BCUT2D eigenvalue weighted by Gasteiger charge is -2.16. The van der Waals surface area contributed by atoms with Gasteiger partial charge in [-0.15, -0.1) is 0 Å². The Kier molecular flexibility index (Phi) is 5.64. The van der Waals surface area contributed by atoms with Gasteiger partial charge in [0.1, 0.15) is 29.8 Å². The van der Waals surface area contributed by atoms with Gasteiger partial charge in [-0.3, -0.25) is 9.36 Å². The third kappa shape index (κ3) is 4.05. The van der Waals surface area contributed by atoms with Crippen LogP contribution in [0.15, 0.2) is 36.9 Å². The number of nitrogen functional groups attached to an aromatic ring is 1. The average Bonchev–Trinajstić information content (AvgIpc) is 3.29. The highest BCUT2D eigenvalue weighted by atomic mass is 32.2. The molecule has 0 unspecified atom stereocenters. The van der Waals surface area contributed by atoms with Gasteiger partial charge >= 0.3 is 10.2 Å². The lowest BCUT2D eigenvalue weighted by atomic mass is 10.1. The van der Waals surface area contributed by atoms with Crippen molar-refractivity contribution in [3.63, 3.8) is 0 Å². The molecule has 3 aromatic rings. The number of ether oxygens (including phenoxy) is 1. The molecule has 6 N–H and O–H groups in total. The second kappa shape index (κ2) is 8.27. The SMILES string of the molecule is Nc1ncnc2c1ncn2[C@@H]1O[C@H](CNS(=O)(=O)NC(=O)c2ccccc2O)[C@@H](O)[C@@H]1F. The van der Waals surface area contributed by atoms with Gasteiger partial charge in [0.2, 0.25) is 0 Å². The minimum Gasteiger partial charge on any atom is -0.507 e. The van der Waals surface area contributed by atoms with Crippen molar-refractivity contribution in [2.24, 2.45) is 0 Å². The highest BCUT2D eigenvalue weighted by Gasteiger charge is 2.46. The number of aliphatic hydroxyl groups excluding tert-OH is 1. The minimum atomic E-state index is -4.42. The van der Waals surface area contributed by atoms with E-state index in [1.807, 2.05) is 4.72 Å². The van der Waals surface area contributed by atoms with Crippen molar-refractivity contribution >= 4 is 33.1 Å². The number of hydrogen-bond donors (Lipinski definition) is 5. The number of imidazole rings is 1. The number of nitrogens with two attached hydrogens (primary N) is 1. The molecule has 1 fully saturated rings. The number of benzene rings is 1. The molecule has 0 aliphatic carbocycles. The van der Waals surface area contributed by atoms with E-state index >= 15 is 0 Å². The van der Waals surface area contributed by atoms with Crippen LogP contribution >= 0.6 is 0 Å². The van der Waals surface area contributed by atoms with Gasteiger partial charge < -0.3 is 20.7 Å². The van der Waals surface area contributed by atoms with Crippen LogP contribution in [-0.4, -0.2) is 69.0 Å². The number of nitrogens with one attached hydrogen (secondary N) is 2. The summed E-state index contributed by atoms with van der Waals surface area (Å²) in [5.41, 5.74) is 5.84. The molecule has 1 aliphatic heterocycles. The zero-order valence-corrected chi connectivity index (χ0v) is 17.0. The van der Waals surface area contributed by atoms with Crippen LogP contribution in [0.25, 0.3) is 11.2 Å². The van der Waals surface area contributed by atoms with E-state index in [0.29, 0.717) is 0 Å². The molecule has 13 nitrogen and oxygen atoms in total. The molecular formula is C17H18FN7O6S. The predicted octanol–water partition coefficient (Wildman–Crippen LogP) is -1.03. The molecule has 4 atom stereocenters. The number of amides is 1. The van der Waals surface area contributed by atoms with Crippen molar-refractivity contribution < 1.29 is 32.6 Å². The van der Waals surface area contributed by atoms with Crippen LogP contribution in [0.3, 0.4) is 0 Å². The lowest BCUT2D eigenvalue weighted by molar-refractivity contribution is -0.0195. The number of nitrogens with zero attached hydrogens (tertiary/aromatic N) is 4. The molecule has 170 valence electrons. The summed E-state index contributed by atoms with van der Waals surface area (Å²) in [7, 11) is -4.42. The van der Waals surface area contributed by atoms with Crippen molar-refractivity contribution in [3.8, 4) is 5.75 Å². The predicted molar refractivity (Wildman–Crippen MR) is 107 cm³/mol. The number of carbonyl (C=O) groups excluding carboxylic acids is 1. The number of aliphatic hydroxyl groups is 1. The number of aromatic nitrogens is 4. The van der Waals surface area contributed by atoms with E-state index in [1.165, 1.54) is 35.2 Å². The molecule has 32 heavy (non-hydrogen) atoms. The van der Waals surface area contributed by atoms with Crippen LogP contribution in [0, 0.1) is 0 Å². The summed E-state index contributed by atoms with van der Waals surface area (Å²) in [5.74, 6) is -1.41. The van der Waals surface area contributed by atoms with Gasteiger partial charge in [-0.05, 0) is 12.1 Å². The first-order chi connectivity index (χ1) is 15.2. The Bertz CT molecular complexity index is 1270. The third-order valence-corrected chi connectivity index (χ3v) is 5.81. The van der Waals surface area contributed by atoms with Gasteiger partial charge in [-0.2, -0.15) is 13.1 Å². The van der Waals surface area contributed by atoms with E-state index in [9.17, 15) is 27.8 Å². The number of hydrogen-bond acceptors (Lipinski definition) is 10. The summed E-state index contributed by atoms with van der Waals surface area (Å²) in [5, 5.41) is 19.9. The van der Waals surface area contributed by atoms with Gasteiger partial charge in [0.15, 0.2) is 23.9 Å². The van der Waals surface area contributed by atoms with Crippen LogP contribution < -0.4 is 15.2 Å². The maximum atomic E-state index is 14.7. The van der Waals surface area contributed by atoms with Crippen LogP contribution in [0.4, 0.5) is 10.2 Å². The van der Waals surface area contributed by atoms with Crippen LogP contribution in [0.1, 0.15) is 16.6 Å². The molecule has 0 radical (unpaired) electrons. The van der Waals surface area contributed by atoms with E-state index in [4.69, 9.17) is 10.5 Å². The number of para-hydroxylation sites is 1. The van der Waals surface area contributed by atoms with Crippen molar-refractivity contribution in [3.05, 3.63) is 42.5 Å². The molecule has 1 aliphatic rings. The van der Waals surface area contributed by atoms with Crippen LogP contribution in [0.5, 0.6) is 5.75 Å². The van der Waals surface area contributed by atoms with Gasteiger partial charge in [-0.25, -0.2) is 24.1 Å². The van der Waals surface area contributed by atoms with Gasteiger partial charge in [0, 0.05) is 6.54 Å². The Morgan fingerprint density at radius 2 is 2.03 bits per heavy atom. The van der Waals surface area contributed by atoms with Crippen molar-refractivity contribution in [2.45, 2.75) is 24.6 Å². The number of phenolic OH excluding ortho intramolecular Hbond substituents is 1. The fraction of sp³-hybridized carbons (Fsp3) is 0.294. The maximum absolute atomic E-state index is 14.7. The smallest absolute Gasteiger partial charge is 0.301 e. The normalized spacial score (nSPS) is 23.4.